The molecule has 1 aromatic rings. The molecule has 5 heteroatoms. The van der Waals surface area contributed by atoms with Crippen LogP contribution < -0.4 is 20.5 Å². The van der Waals surface area contributed by atoms with Crippen molar-refractivity contribution in [2.45, 2.75) is 19.8 Å². The Balaban J connectivity index is 2.75. The minimum atomic E-state index is -0.156. The van der Waals surface area contributed by atoms with Crippen molar-refractivity contribution in [3.05, 3.63) is 23.8 Å². The first-order chi connectivity index (χ1) is 9.65. The highest BCUT2D eigenvalue weighted by Gasteiger charge is 2.15. The third kappa shape index (κ3) is 4.42. The fourth-order valence-electron chi connectivity index (χ4n) is 2.01. The fourth-order valence-corrected chi connectivity index (χ4v) is 2.01. The molecule has 1 unspecified atom stereocenters. The molecule has 0 saturated heterocycles. The van der Waals surface area contributed by atoms with Crippen LogP contribution in [0.4, 0.5) is 0 Å². The van der Waals surface area contributed by atoms with E-state index in [0.29, 0.717) is 36.1 Å². The lowest BCUT2D eigenvalue weighted by Crippen LogP contribution is -2.30. The molecule has 0 aliphatic carbocycles. The maximum Gasteiger partial charge on any atom is 0.255 e. The number of carbonyl (C=O) groups is 1. The Morgan fingerprint density at radius 1 is 1.35 bits per heavy atom. The van der Waals surface area contributed by atoms with Crippen molar-refractivity contribution in [2.75, 3.05) is 27.3 Å². The second kappa shape index (κ2) is 8.43. The van der Waals surface area contributed by atoms with E-state index in [1.54, 1.807) is 32.4 Å². The number of hydrogen-bond donors (Lipinski definition) is 2. The van der Waals surface area contributed by atoms with Crippen LogP contribution in [0.1, 0.15) is 30.1 Å². The second-order valence-corrected chi connectivity index (χ2v) is 4.63. The van der Waals surface area contributed by atoms with E-state index in [4.69, 9.17) is 15.2 Å². The highest BCUT2D eigenvalue weighted by Crippen LogP contribution is 2.23. The summed E-state index contributed by atoms with van der Waals surface area (Å²) in [6.45, 7) is 3.35. The molecule has 1 rings (SSSR count). The van der Waals surface area contributed by atoms with E-state index in [-0.39, 0.29) is 5.91 Å². The Labute approximate surface area is 120 Å². The van der Waals surface area contributed by atoms with Gasteiger partial charge in [0.1, 0.15) is 11.5 Å². The standard InChI is InChI=1S/C15H24N2O3/c1-4-11(7-8-16)10-17-15(18)13-9-12(19-2)5-6-14(13)20-3/h5-6,9,11H,4,7-8,10,16H2,1-3H3,(H,17,18). The minimum absolute atomic E-state index is 0.156. The van der Waals surface area contributed by atoms with Crippen LogP contribution in [-0.2, 0) is 0 Å². The zero-order valence-corrected chi connectivity index (χ0v) is 12.4. The summed E-state index contributed by atoms with van der Waals surface area (Å²) >= 11 is 0. The molecule has 0 saturated carbocycles. The molecule has 0 radical (unpaired) electrons. The number of methoxy groups -OCH3 is 2. The number of ether oxygens (including phenoxy) is 2. The van der Waals surface area contributed by atoms with Crippen LogP contribution in [0.25, 0.3) is 0 Å². The fraction of sp³-hybridized carbons (Fsp3) is 0.533. The van der Waals surface area contributed by atoms with Crippen molar-refractivity contribution in [2.24, 2.45) is 11.7 Å². The number of carbonyl (C=O) groups excluding carboxylic acids is 1. The van der Waals surface area contributed by atoms with Gasteiger partial charge in [0.25, 0.3) is 5.91 Å². The molecule has 0 bridgehead atoms. The molecule has 5 nitrogen and oxygen atoms in total. The van der Waals surface area contributed by atoms with Crippen LogP contribution in [0.15, 0.2) is 18.2 Å². The van der Waals surface area contributed by atoms with Crippen molar-refractivity contribution in [3.8, 4) is 11.5 Å². The van der Waals surface area contributed by atoms with E-state index in [1.165, 1.54) is 0 Å². The Bertz CT molecular complexity index is 435. The number of nitrogens with two attached hydrogens (primary N) is 1. The summed E-state index contributed by atoms with van der Waals surface area (Å²) in [4.78, 5) is 12.2. The summed E-state index contributed by atoms with van der Waals surface area (Å²) in [5.41, 5.74) is 6.04. The summed E-state index contributed by atoms with van der Waals surface area (Å²) in [6.07, 6.45) is 1.90. The number of amides is 1. The molecular weight excluding hydrogens is 256 g/mol. The van der Waals surface area contributed by atoms with E-state index in [2.05, 4.69) is 12.2 Å². The van der Waals surface area contributed by atoms with Gasteiger partial charge in [-0.3, -0.25) is 4.79 Å². The molecule has 0 aromatic heterocycles. The highest BCUT2D eigenvalue weighted by atomic mass is 16.5. The Morgan fingerprint density at radius 2 is 2.10 bits per heavy atom. The molecule has 0 aliphatic heterocycles. The lowest BCUT2D eigenvalue weighted by atomic mass is 10.0. The molecule has 0 heterocycles. The van der Waals surface area contributed by atoms with Gasteiger partial charge in [0, 0.05) is 6.54 Å². The first-order valence-corrected chi connectivity index (χ1v) is 6.86. The molecule has 1 atom stereocenters. The SMILES string of the molecule is CCC(CCN)CNC(=O)c1cc(OC)ccc1OC. The van der Waals surface area contributed by atoms with Crippen LogP contribution in [-0.4, -0.2) is 33.2 Å². The van der Waals surface area contributed by atoms with Crippen molar-refractivity contribution >= 4 is 5.91 Å². The first kappa shape index (κ1) is 16.3. The number of nitrogens with one attached hydrogen (secondary N) is 1. The molecule has 0 fully saturated rings. The molecule has 20 heavy (non-hydrogen) atoms. The lowest BCUT2D eigenvalue weighted by molar-refractivity contribution is 0.0942. The van der Waals surface area contributed by atoms with Crippen LogP contribution in [0, 0.1) is 5.92 Å². The second-order valence-electron chi connectivity index (χ2n) is 4.63. The maximum absolute atomic E-state index is 12.2. The molecular formula is C15H24N2O3. The third-order valence-electron chi connectivity index (χ3n) is 3.35. The summed E-state index contributed by atoms with van der Waals surface area (Å²) in [5, 5.41) is 2.93. The smallest absolute Gasteiger partial charge is 0.255 e. The monoisotopic (exact) mass is 280 g/mol. The first-order valence-electron chi connectivity index (χ1n) is 6.86. The van der Waals surface area contributed by atoms with Gasteiger partial charge in [-0.25, -0.2) is 0 Å². The van der Waals surface area contributed by atoms with Crippen molar-refractivity contribution < 1.29 is 14.3 Å². The predicted octanol–water partition coefficient (Wildman–Crippen LogP) is 1.81. The molecule has 3 N–H and O–H groups in total. The number of rotatable bonds is 8. The van der Waals surface area contributed by atoms with Crippen LogP contribution in [0.5, 0.6) is 11.5 Å². The normalized spacial score (nSPS) is 11.8. The zero-order chi connectivity index (χ0) is 15.0. The quantitative estimate of drug-likeness (QED) is 0.761. The van der Waals surface area contributed by atoms with Gasteiger partial charge in [-0.15, -0.1) is 0 Å². The van der Waals surface area contributed by atoms with Gasteiger partial charge in [0.15, 0.2) is 0 Å². The third-order valence-corrected chi connectivity index (χ3v) is 3.35. The zero-order valence-electron chi connectivity index (χ0n) is 12.4. The number of hydrogen-bond acceptors (Lipinski definition) is 4. The predicted molar refractivity (Wildman–Crippen MR) is 79.3 cm³/mol. The van der Waals surface area contributed by atoms with Crippen molar-refractivity contribution in [1.29, 1.82) is 0 Å². The van der Waals surface area contributed by atoms with E-state index in [1.807, 2.05) is 0 Å². The van der Waals surface area contributed by atoms with Crippen LogP contribution in [0.3, 0.4) is 0 Å². The average molecular weight is 280 g/mol. The molecule has 0 aliphatic rings. The topological polar surface area (TPSA) is 73.6 Å². The maximum atomic E-state index is 12.2. The van der Waals surface area contributed by atoms with E-state index >= 15 is 0 Å². The summed E-state index contributed by atoms with van der Waals surface area (Å²) in [7, 11) is 3.11. The van der Waals surface area contributed by atoms with Gasteiger partial charge in [-0.1, -0.05) is 13.3 Å². The summed E-state index contributed by atoms with van der Waals surface area (Å²) in [5.74, 6) is 1.41. The Hall–Kier alpha value is -1.75. The minimum Gasteiger partial charge on any atom is -0.497 e. The average Bonchev–Trinajstić information content (AvgIpc) is 2.50. The number of benzene rings is 1. The van der Waals surface area contributed by atoms with E-state index in [0.717, 1.165) is 12.8 Å². The van der Waals surface area contributed by atoms with Gasteiger partial charge >= 0.3 is 0 Å². The largest absolute Gasteiger partial charge is 0.497 e. The van der Waals surface area contributed by atoms with Gasteiger partial charge in [-0.2, -0.15) is 0 Å². The molecule has 1 amide bonds. The van der Waals surface area contributed by atoms with E-state index in [9.17, 15) is 4.79 Å². The van der Waals surface area contributed by atoms with Gasteiger partial charge in [0.2, 0.25) is 0 Å². The lowest BCUT2D eigenvalue weighted by Gasteiger charge is -2.16. The van der Waals surface area contributed by atoms with Gasteiger partial charge in [0.05, 0.1) is 19.8 Å². The molecule has 0 spiro atoms. The highest BCUT2D eigenvalue weighted by molar-refractivity contribution is 5.97. The van der Waals surface area contributed by atoms with Gasteiger partial charge < -0.3 is 20.5 Å². The van der Waals surface area contributed by atoms with Crippen molar-refractivity contribution in [1.82, 2.24) is 5.32 Å². The van der Waals surface area contributed by atoms with Crippen LogP contribution in [0.2, 0.25) is 0 Å². The molecule has 112 valence electrons. The van der Waals surface area contributed by atoms with Crippen LogP contribution >= 0.6 is 0 Å². The Kier molecular flexibility index (Phi) is 6.87. The van der Waals surface area contributed by atoms with E-state index < -0.39 is 0 Å². The van der Waals surface area contributed by atoms with Gasteiger partial charge in [-0.05, 0) is 37.1 Å². The summed E-state index contributed by atoms with van der Waals surface area (Å²) in [6, 6.07) is 5.17. The summed E-state index contributed by atoms with van der Waals surface area (Å²) < 4.78 is 10.3. The van der Waals surface area contributed by atoms with Crippen molar-refractivity contribution in [3.63, 3.8) is 0 Å². The Morgan fingerprint density at radius 3 is 2.65 bits per heavy atom. The molecule has 1 aromatic carbocycles.